The van der Waals surface area contributed by atoms with Gasteiger partial charge in [0.15, 0.2) is 11.2 Å². The van der Waals surface area contributed by atoms with Gasteiger partial charge in [-0.15, -0.1) is 0 Å². The highest BCUT2D eigenvalue weighted by atomic mass is 35.5. The maximum Gasteiger partial charge on any atom is 0.227 e. The molecule has 0 aliphatic carbocycles. The van der Waals surface area contributed by atoms with Gasteiger partial charge in [0.2, 0.25) is 10.8 Å². The number of benzene rings is 2. The van der Waals surface area contributed by atoms with E-state index in [9.17, 15) is 35.0 Å². The van der Waals surface area contributed by atoms with Gasteiger partial charge in [-0.3, -0.25) is 4.39 Å². The molecule has 2 aromatic rings. The SMILES string of the molecule is C[C@H](O)[C@@]1(CO)O[C@](O)(c2ccccc2)[C@@](O)(Cc2ccc(CCF)cc2)[C@](O)(Cl)[C@@H]1O. The first-order chi connectivity index (χ1) is 15.0. The van der Waals surface area contributed by atoms with E-state index in [2.05, 4.69) is 0 Å². The summed E-state index contributed by atoms with van der Waals surface area (Å²) in [7, 11) is 0. The Balaban J connectivity index is 2.18. The van der Waals surface area contributed by atoms with Crippen molar-refractivity contribution in [1.82, 2.24) is 0 Å². The summed E-state index contributed by atoms with van der Waals surface area (Å²) in [5.41, 5.74) is -4.00. The van der Waals surface area contributed by atoms with Gasteiger partial charge < -0.3 is 35.4 Å². The molecule has 6 N–H and O–H groups in total. The number of hydrogen-bond donors (Lipinski definition) is 6. The molecule has 1 heterocycles. The molecule has 1 saturated heterocycles. The molecule has 6 atom stereocenters. The second-order valence-corrected chi connectivity index (χ2v) is 8.85. The van der Waals surface area contributed by atoms with Gasteiger partial charge in [-0.2, -0.15) is 0 Å². The van der Waals surface area contributed by atoms with E-state index in [4.69, 9.17) is 16.3 Å². The van der Waals surface area contributed by atoms with Crippen molar-refractivity contribution in [2.24, 2.45) is 0 Å². The maximum absolute atomic E-state index is 12.6. The van der Waals surface area contributed by atoms with Crippen LogP contribution >= 0.6 is 11.6 Å². The van der Waals surface area contributed by atoms with Crippen LogP contribution in [0.4, 0.5) is 4.39 Å². The van der Waals surface area contributed by atoms with Crippen molar-refractivity contribution in [2.45, 2.75) is 54.0 Å². The fourth-order valence-corrected chi connectivity index (χ4v) is 4.58. The number of hydrogen-bond acceptors (Lipinski definition) is 7. The summed E-state index contributed by atoms with van der Waals surface area (Å²) in [5.74, 6) is -2.76. The third kappa shape index (κ3) is 3.74. The normalized spacial score (nSPS) is 36.1. The highest BCUT2D eigenvalue weighted by Gasteiger charge is 2.76. The van der Waals surface area contributed by atoms with Gasteiger partial charge >= 0.3 is 0 Å². The average Bonchev–Trinajstić information content (AvgIpc) is 2.77. The van der Waals surface area contributed by atoms with Crippen LogP contribution < -0.4 is 0 Å². The lowest BCUT2D eigenvalue weighted by Crippen LogP contribution is -2.82. The van der Waals surface area contributed by atoms with Crippen LogP contribution in [0.2, 0.25) is 0 Å². The molecule has 3 rings (SSSR count). The number of ether oxygens (including phenoxy) is 1. The van der Waals surface area contributed by atoms with Crippen molar-refractivity contribution in [3.8, 4) is 0 Å². The molecule has 1 aliphatic rings. The summed E-state index contributed by atoms with van der Waals surface area (Å²) in [4.78, 5) is 0. The van der Waals surface area contributed by atoms with Crippen LogP contribution in [0.3, 0.4) is 0 Å². The van der Waals surface area contributed by atoms with Gasteiger partial charge in [0.05, 0.1) is 19.4 Å². The van der Waals surface area contributed by atoms with Gasteiger partial charge in [-0.1, -0.05) is 66.2 Å². The molecule has 2 aromatic carbocycles. The quantitative estimate of drug-likeness (QED) is 0.329. The fraction of sp³-hybridized carbons (Fsp3) is 0.478. The Bertz CT molecular complexity index is 910. The molecule has 0 unspecified atom stereocenters. The molecular formula is C23H28ClFO7. The van der Waals surface area contributed by atoms with Crippen molar-refractivity contribution >= 4 is 11.6 Å². The zero-order valence-corrected chi connectivity index (χ0v) is 18.3. The van der Waals surface area contributed by atoms with E-state index in [1.807, 2.05) is 0 Å². The van der Waals surface area contributed by atoms with Gasteiger partial charge in [0, 0.05) is 18.4 Å². The maximum atomic E-state index is 12.6. The first-order valence-electron chi connectivity index (χ1n) is 10.2. The number of aliphatic hydroxyl groups excluding tert-OH is 3. The van der Waals surface area contributed by atoms with Gasteiger partial charge in [0.25, 0.3) is 0 Å². The molecule has 9 heteroatoms. The highest BCUT2D eigenvalue weighted by Crippen LogP contribution is 2.55. The lowest BCUT2D eigenvalue weighted by Gasteiger charge is -2.61. The third-order valence-corrected chi connectivity index (χ3v) is 6.81. The monoisotopic (exact) mass is 470 g/mol. The number of halogens is 2. The van der Waals surface area contributed by atoms with Crippen molar-refractivity contribution in [3.05, 3.63) is 71.3 Å². The van der Waals surface area contributed by atoms with E-state index in [0.717, 1.165) is 0 Å². The third-order valence-electron chi connectivity index (χ3n) is 6.29. The highest BCUT2D eigenvalue weighted by molar-refractivity contribution is 6.24. The first-order valence-corrected chi connectivity index (χ1v) is 10.6. The molecule has 0 amide bonds. The molecule has 7 nitrogen and oxygen atoms in total. The fourth-order valence-electron chi connectivity index (χ4n) is 4.20. The molecule has 0 aromatic heterocycles. The van der Waals surface area contributed by atoms with Gasteiger partial charge in [-0.05, 0) is 18.1 Å². The van der Waals surface area contributed by atoms with Crippen molar-refractivity contribution < 1.29 is 39.8 Å². The molecule has 0 saturated carbocycles. The molecule has 0 bridgehead atoms. The van der Waals surface area contributed by atoms with E-state index in [1.165, 1.54) is 19.1 Å². The summed E-state index contributed by atoms with van der Waals surface area (Å²) in [6, 6.07) is 13.9. The Morgan fingerprint density at radius 3 is 2.09 bits per heavy atom. The molecule has 1 aliphatic heterocycles. The van der Waals surface area contributed by atoms with E-state index in [0.29, 0.717) is 11.1 Å². The Morgan fingerprint density at radius 2 is 1.59 bits per heavy atom. The van der Waals surface area contributed by atoms with Crippen LogP contribution in [0.1, 0.15) is 23.6 Å². The van der Waals surface area contributed by atoms with Crippen LogP contribution in [-0.4, -0.2) is 72.4 Å². The summed E-state index contributed by atoms with van der Waals surface area (Å²) >= 11 is 6.35. The predicted molar refractivity (Wildman–Crippen MR) is 115 cm³/mol. The van der Waals surface area contributed by atoms with Crippen LogP contribution in [-0.2, 0) is 23.4 Å². The number of rotatable bonds is 7. The molecule has 32 heavy (non-hydrogen) atoms. The van der Waals surface area contributed by atoms with Crippen molar-refractivity contribution in [3.63, 3.8) is 0 Å². The Morgan fingerprint density at radius 1 is 1.03 bits per heavy atom. The van der Waals surface area contributed by atoms with E-state index in [1.54, 1.807) is 42.5 Å². The lowest BCUT2D eigenvalue weighted by molar-refractivity contribution is -0.444. The van der Waals surface area contributed by atoms with Crippen LogP contribution in [0.5, 0.6) is 0 Å². The van der Waals surface area contributed by atoms with Crippen molar-refractivity contribution in [2.75, 3.05) is 13.3 Å². The molecule has 0 radical (unpaired) electrons. The van der Waals surface area contributed by atoms with E-state index < -0.39 is 54.0 Å². The summed E-state index contributed by atoms with van der Waals surface area (Å²) in [6.07, 6.45) is -4.10. The van der Waals surface area contributed by atoms with E-state index in [-0.39, 0.29) is 12.0 Å². The molecular weight excluding hydrogens is 443 g/mol. The van der Waals surface area contributed by atoms with E-state index >= 15 is 0 Å². The summed E-state index contributed by atoms with van der Waals surface area (Å²) < 4.78 is 18.3. The van der Waals surface area contributed by atoms with Crippen LogP contribution in [0, 0.1) is 0 Å². The van der Waals surface area contributed by atoms with Gasteiger partial charge in [-0.25, -0.2) is 0 Å². The van der Waals surface area contributed by atoms with Gasteiger partial charge in [0.1, 0.15) is 6.10 Å². The summed E-state index contributed by atoms with van der Waals surface area (Å²) in [5, 5.41) is 62.9. The molecule has 1 fully saturated rings. The minimum Gasteiger partial charge on any atom is -0.393 e. The molecule has 0 spiro atoms. The second kappa shape index (κ2) is 8.96. The number of alkyl halides is 2. The largest absolute Gasteiger partial charge is 0.393 e. The standard InChI is InChI=1S/C23H28ClFO7/c1-15(27)20(14-26)19(28)22(24,30)21(29,13-17-9-7-16(8-10-17)11-12-25)23(31,32-20)18-5-3-2-4-6-18/h2-10,15,19,26-31H,11-14H2,1H3/t15-,19+,20+,21+,22-,23+/m0/s1. The van der Waals surface area contributed by atoms with Crippen LogP contribution in [0.15, 0.2) is 54.6 Å². The Kier molecular flexibility index (Phi) is 7.01. The average molecular weight is 471 g/mol. The predicted octanol–water partition coefficient (Wildman–Crippen LogP) is 0.748. The summed E-state index contributed by atoms with van der Waals surface area (Å²) in [6.45, 7) is -0.378. The number of aliphatic hydroxyl groups is 6. The minimum atomic E-state index is -2.98. The molecule has 176 valence electrons. The van der Waals surface area contributed by atoms with Crippen molar-refractivity contribution in [1.29, 1.82) is 0 Å². The van der Waals surface area contributed by atoms with Crippen LogP contribution in [0.25, 0.3) is 0 Å². The minimum absolute atomic E-state index is 0.0269. The zero-order chi connectivity index (χ0) is 23.8. The first kappa shape index (κ1) is 25.0. The number of aryl methyl sites for hydroxylation is 1. The smallest absolute Gasteiger partial charge is 0.227 e. The zero-order valence-electron chi connectivity index (χ0n) is 17.5. The Labute approximate surface area is 190 Å². The second-order valence-electron chi connectivity index (χ2n) is 8.27. The topological polar surface area (TPSA) is 131 Å². The Hall–Kier alpha value is -1.62. The lowest BCUT2D eigenvalue weighted by atomic mass is 9.68.